The van der Waals surface area contributed by atoms with Gasteiger partial charge in [0.2, 0.25) is 5.91 Å². The first-order valence-electron chi connectivity index (χ1n) is 9.53. The molecule has 0 bridgehead atoms. The van der Waals surface area contributed by atoms with Gasteiger partial charge in [-0.15, -0.1) is 0 Å². The lowest BCUT2D eigenvalue weighted by Gasteiger charge is -2.29. The van der Waals surface area contributed by atoms with Crippen LogP contribution >= 0.6 is 0 Å². The van der Waals surface area contributed by atoms with E-state index in [-0.39, 0.29) is 17.4 Å². The van der Waals surface area contributed by atoms with Gasteiger partial charge in [0.15, 0.2) is 0 Å². The zero-order chi connectivity index (χ0) is 18.7. The number of anilines is 2. The molecule has 1 aliphatic rings. The van der Waals surface area contributed by atoms with Crippen molar-refractivity contribution in [2.45, 2.75) is 46.1 Å². The van der Waals surface area contributed by atoms with E-state index in [1.807, 2.05) is 6.07 Å². The van der Waals surface area contributed by atoms with Gasteiger partial charge >= 0.3 is 0 Å². The second-order valence-corrected chi connectivity index (χ2v) is 8.47. The Bertz CT molecular complexity index is 748. The van der Waals surface area contributed by atoms with E-state index in [9.17, 15) is 4.79 Å². The van der Waals surface area contributed by atoms with E-state index < -0.39 is 0 Å². The van der Waals surface area contributed by atoms with E-state index in [1.165, 1.54) is 5.56 Å². The summed E-state index contributed by atoms with van der Waals surface area (Å²) in [5.74, 6) is 0.279. The summed E-state index contributed by atoms with van der Waals surface area (Å²) in [5, 5.41) is 0. The number of nitrogens with zero attached hydrogens (tertiary/aromatic N) is 2. The van der Waals surface area contributed by atoms with E-state index in [1.54, 1.807) is 0 Å². The largest absolute Gasteiger partial charge is 0.345 e. The zero-order valence-electron chi connectivity index (χ0n) is 16.4. The number of hydrogen-bond acceptors (Lipinski definition) is 2. The molecule has 1 aliphatic heterocycles. The van der Waals surface area contributed by atoms with Crippen LogP contribution in [-0.4, -0.2) is 24.4 Å². The zero-order valence-corrected chi connectivity index (χ0v) is 16.4. The van der Waals surface area contributed by atoms with Crippen molar-refractivity contribution >= 4 is 17.3 Å². The van der Waals surface area contributed by atoms with Gasteiger partial charge < -0.3 is 9.80 Å². The van der Waals surface area contributed by atoms with Gasteiger partial charge in [-0.25, -0.2) is 0 Å². The van der Waals surface area contributed by atoms with Crippen LogP contribution in [0.3, 0.4) is 0 Å². The van der Waals surface area contributed by atoms with Crippen LogP contribution in [0, 0.1) is 5.41 Å². The van der Waals surface area contributed by atoms with Crippen LogP contribution in [0.5, 0.6) is 0 Å². The second-order valence-electron chi connectivity index (χ2n) is 8.47. The van der Waals surface area contributed by atoms with Crippen molar-refractivity contribution < 1.29 is 4.79 Å². The Morgan fingerprint density at radius 2 is 1.77 bits per heavy atom. The molecule has 3 heteroatoms. The fourth-order valence-electron chi connectivity index (χ4n) is 3.71. The topological polar surface area (TPSA) is 23.6 Å². The highest BCUT2D eigenvalue weighted by molar-refractivity contribution is 5.77. The lowest BCUT2D eigenvalue weighted by atomic mass is 9.91. The summed E-state index contributed by atoms with van der Waals surface area (Å²) in [7, 11) is 2.09. The van der Waals surface area contributed by atoms with Crippen LogP contribution in [-0.2, 0) is 4.79 Å². The number of para-hydroxylation sites is 1. The van der Waals surface area contributed by atoms with Crippen LogP contribution in [0.2, 0.25) is 0 Å². The van der Waals surface area contributed by atoms with Crippen molar-refractivity contribution in [1.82, 2.24) is 4.90 Å². The fraction of sp³-hybridized carbons (Fsp3) is 0.435. The predicted octanol–water partition coefficient (Wildman–Crippen LogP) is 5.55. The standard InChI is InChI=1S/C23H30N2O/c1-23(2,3)17-22(26)25-15-9-14-21(25)18-10-8-13-20(16-18)24(4)19-11-6-5-7-12-19/h5-8,10-13,16,21H,9,14-15,17H2,1-4H3. The van der Waals surface area contributed by atoms with Gasteiger partial charge in [-0.05, 0) is 48.1 Å². The summed E-state index contributed by atoms with van der Waals surface area (Å²) in [5.41, 5.74) is 3.59. The Hall–Kier alpha value is -2.29. The molecular weight excluding hydrogens is 320 g/mol. The lowest BCUT2D eigenvalue weighted by molar-refractivity contribution is -0.134. The number of carbonyl (C=O) groups is 1. The summed E-state index contributed by atoms with van der Waals surface area (Å²) in [6.07, 6.45) is 2.74. The molecule has 1 fully saturated rings. The van der Waals surface area contributed by atoms with E-state index in [0.29, 0.717) is 6.42 Å². The first-order chi connectivity index (χ1) is 12.3. The Balaban J connectivity index is 1.82. The van der Waals surface area contributed by atoms with Gasteiger partial charge in [0.1, 0.15) is 0 Å². The molecule has 2 aromatic rings. The van der Waals surface area contributed by atoms with Crippen molar-refractivity contribution in [3.63, 3.8) is 0 Å². The van der Waals surface area contributed by atoms with E-state index >= 15 is 0 Å². The molecule has 1 saturated heterocycles. The minimum atomic E-state index is 0.0274. The number of rotatable bonds is 4. The third kappa shape index (κ3) is 4.27. The van der Waals surface area contributed by atoms with E-state index in [2.05, 4.69) is 86.1 Å². The summed E-state index contributed by atoms with van der Waals surface area (Å²) >= 11 is 0. The lowest BCUT2D eigenvalue weighted by Crippen LogP contribution is -2.33. The number of hydrogen-bond donors (Lipinski definition) is 0. The normalized spacial score (nSPS) is 17.4. The molecule has 0 saturated carbocycles. The van der Waals surface area contributed by atoms with Gasteiger partial charge in [-0.3, -0.25) is 4.79 Å². The molecule has 1 atom stereocenters. The van der Waals surface area contributed by atoms with Gasteiger partial charge in [0.05, 0.1) is 6.04 Å². The van der Waals surface area contributed by atoms with Crippen LogP contribution in [0.25, 0.3) is 0 Å². The first-order valence-corrected chi connectivity index (χ1v) is 9.53. The SMILES string of the molecule is CN(c1ccccc1)c1cccc(C2CCCN2C(=O)CC(C)(C)C)c1. The van der Waals surface area contributed by atoms with Crippen molar-refractivity contribution in [2.24, 2.45) is 5.41 Å². The molecule has 1 heterocycles. The Morgan fingerprint density at radius 1 is 1.08 bits per heavy atom. The number of likely N-dealkylation sites (tertiary alicyclic amines) is 1. The molecule has 0 aromatic heterocycles. The maximum Gasteiger partial charge on any atom is 0.223 e. The average molecular weight is 351 g/mol. The number of carbonyl (C=O) groups excluding carboxylic acids is 1. The highest BCUT2D eigenvalue weighted by Crippen LogP contribution is 2.36. The predicted molar refractivity (Wildman–Crippen MR) is 109 cm³/mol. The molecule has 0 aliphatic carbocycles. The summed E-state index contributed by atoms with van der Waals surface area (Å²) in [4.78, 5) is 17.1. The second kappa shape index (κ2) is 7.53. The van der Waals surface area contributed by atoms with Crippen molar-refractivity contribution in [3.05, 3.63) is 60.2 Å². The third-order valence-electron chi connectivity index (χ3n) is 5.04. The molecule has 0 radical (unpaired) electrons. The van der Waals surface area contributed by atoms with Gasteiger partial charge in [-0.1, -0.05) is 51.1 Å². The number of amides is 1. The molecule has 3 rings (SSSR count). The summed E-state index contributed by atoms with van der Waals surface area (Å²) in [6, 6.07) is 19.2. The van der Waals surface area contributed by atoms with Crippen LogP contribution < -0.4 is 4.90 Å². The Kier molecular flexibility index (Phi) is 5.36. The van der Waals surface area contributed by atoms with Crippen molar-refractivity contribution in [3.8, 4) is 0 Å². The smallest absolute Gasteiger partial charge is 0.223 e. The van der Waals surface area contributed by atoms with Gasteiger partial charge in [0, 0.05) is 31.4 Å². The number of benzene rings is 2. The Labute approximate surface area is 157 Å². The van der Waals surface area contributed by atoms with Crippen LogP contribution in [0.4, 0.5) is 11.4 Å². The highest BCUT2D eigenvalue weighted by atomic mass is 16.2. The summed E-state index contributed by atoms with van der Waals surface area (Å²) < 4.78 is 0. The molecule has 1 unspecified atom stereocenters. The van der Waals surface area contributed by atoms with E-state index in [0.717, 1.165) is 30.8 Å². The van der Waals surface area contributed by atoms with Crippen LogP contribution in [0.1, 0.15) is 51.6 Å². The van der Waals surface area contributed by atoms with Crippen molar-refractivity contribution in [2.75, 3.05) is 18.5 Å². The maximum atomic E-state index is 12.8. The third-order valence-corrected chi connectivity index (χ3v) is 5.04. The van der Waals surface area contributed by atoms with Gasteiger partial charge in [-0.2, -0.15) is 0 Å². The minimum absolute atomic E-state index is 0.0274. The molecular formula is C23H30N2O. The van der Waals surface area contributed by atoms with Gasteiger partial charge in [0.25, 0.3) is 0 Å². The molecule has 0 spiro atoms. The van der Waals surface area contributed by atoms with Crippen LogP contribution in [0.15, 0.2) is 54.6 Å². The maximum absolute atomic E-state index is 12.8. The van der Waals surface area contributed by atoms with E-state index in [4.69, 9.17) is 0 Å². The first kappa shape index (κ1) is 18.5. The fourth-order valence-corrected chi connectivity index (χ4v) is 3.71. The monoisotopic (exact) mass is 350 g/mol. The highest BCUT2D eigenvalue weighted by Gasteiger charge is 2.31. The molecule has 0 N–H and O–H groups in total. The molecule has 138 valence electrons. The molecule has 1 amide bonds. The average Bonchev–Trinajstić information content (AvgIpc) is 3.10. The van der Waals surface area contributed by atoms with Crippen molar-refractivity contribution in [1.29, 1.82) is 0 Å². The quantitative estimate of drug-likeness (QED) is 0.721. The summed E-state index contributed by atoms with van der Waals surface area (Å²) in [6.45, 7) is 7.26. The molecule has 26 heavy (non-hydrogen) atoms. The molecule has 2 aromatic carbocycles. The minimum Gasteiger partial charge on any atom is -0.345 e. The Morgan fingerprint density at radius 3 is 2.46 bits per heavy atom. The molecule has 3 nitrogen and oxygen atoms in total.